The van der Waals surface area contributed by atoms with Gasteiger partial charge in [-0.1, -0.05) is 54.6 Å². The zero-order valence-corrected chi connectivity index (χ0v) is 35.9. The van der Waals surface area contributed by atoms with E-state index in [0.717, 1.165) is 101 Å². The molecule has 4 atom stereocenters. The van der Waals surface area contributed by atoms with Gasteiger partial charge in [0.1, 0.15) is 17.5 Å². The highest BCUT2D eigenvalue weighted by Gasteiger charge is 2.49. The molecule has 6 heterocycles. The fourth-order valence-electron chi connectivity index (χ4n) is 12.5. The van der Waals surface area contributed by atoms with Crippen molar-refractivity contribution in [3.63, 3.8) is 0 Å². The molecule has 4 fully saturated rings. The Morgan fingerprint density at radius 2 is 1.61 bits per heavy atom. The number of aromatic hydroxyl groups is 1. The number of amides is 3. The van der Waals surface area contributed by atoms with Crippen LogP contribution in [0.4, 0.5) is 5.69 Å². The van der Waals surface area contributed by atoms with Gasteiger partial charge < -0.3 is 29.3 Å². The Labute approximate surface area is 364 Å². The van der Waals surface area contributed by atoms with Crippen molar-refractivity contribution in [2.24, 2.45) is 5.92 Å². The number of likely N-dealkylation sites (tertiary alicyclic amines) is 1. The first-order chi connectivity index (χ1) is 30.2. The Bertz CT molecular complexity index is 2390. The summed E-state index contributed by atoms with van der Waals surface area (Å²) in [4.78, 5) is 44.9. The van der Waals surface area contributed by atoms with Gasteiger partial charge in [-0.05, 0) is 142 Å². The molecule has 0 radical (unpaired) electrons. The molecular weight excluding hydrogens is 777 g/mol. The highest BCUT2D eigenvalue weighted by atomic mass is 16.5. The maximum Gasteiger partial charge on any atom is 0.255 e. The van der Waals surface area contributed by atoms with E-state index in [1.54, 1.807) is 4.90 Å². The predicted octanol–water partition coefficient (Wildman–Crippen LogP) is 7.52. The van der Waals surface area contributed by atoms with Crippen molar-refractivity contribution in [3.8, 4) is 11.5 Å². The Morgan fingerprint density at radius 1 is 0.823 bits per heavy atom. The number of hydrogen-bond donors (Lipinski definition) is 2. The first kappa shape index (κ1) is 39.6. The summed E-state index contributed by atoms with van der Waals surface area (Å²) in [7, 11) is 0. The van der Waals surface area contributed by atoms with Crippen LogP contribution in [0.3, 0.4) is 0 Å². The lowest BCUT2D eigenvalue weighted by molar-refractivity contribution is -0.136. The fraction of sp³-hybridized carbons (Fsp3) is 0.481. The molecule has 7 aliphatic rings. The number of fused-ring (bicyclic) bond motifs is 5. The number of anilines is 1. The summed E-state index contributed by atoms with van der Waals surface area (Å²) < 4.78 is 13.3. The molecule has 62 heavy (non-hydrogen) atoms. The summed E-state index contributed by atoms with van der Waals surface area (Å²) in [5.41, 5.74) is 10.3. The molecule has 4 aromatic carbocycles. The van der Waals surface area contributed by atoms with Crippen molar-refractivity contribution in [1.29, 1.82) is 0 Å². The van der Waals surface area contributed by atoms with Gasteiger partial charge in [-0.2, -0.15) is 0 Å². The number of carbonyl (C=O) groups is 3. The largest absolute Gasteiger partial charge is 0.508 e. The molecule has 6 aliphatic heterocycles. The second-order valence-electron chi connectivity index (χ2n) is 19.6. The number of hydrogen-bond acceptors (Lipinski definition) is 8. The summed E-state index contributed by atoms with van der Waals surface area (Å²) in [6.45, 7) is 8.92. The molecule has 10 heteroatoms. The van der Waals surface area contributed by atoms with Gasteiger partial charge in [-0.15, -0.1) is 0 Å². The summed E-state index contributed by atoms with van der Waals surface area (Å²) in [5.74, 6) is 1.59. The van der Waals surface area contributed by atoms with Crippen LogP contribution in [0.2, 0.25) is 0 Å². The van der Waals surface area contributed by atoms with Gasteiger partial charge in [-0.3, -0.25) is 19.7 Å². The summed E-state index contributed by atoms with van der Waals surface area (Å²) >= 11 is 0. The minimum Gasteiger partial charge on any atom is -0.508 e. The Hall–Kier alpha value is -5.19. The number of rotatable bonds is 6. The van der Waals surface area contributed by atoms with Crippen LogP contribution in [-0.2, 0) is 32.7 Å². The molecule has 2 spiro atoms. The minimum atomic E-state index is -0.629. The standard InChI is InChI=1S/C52H58N4O6/c1-33-27-43-48(42-30-56(50(60)46(33)42)44-15-16-45(58)53-49(44)59)61-32-51(43)19-23-54(24-20-51)29-34-17-18-52(62-31-34)21-25-55(26-22-52)38-10-7-36(8-11-38)47-40(35-5-3-2-4-6-35)13-9-37-28-39(57)12-14-41(37)47/h2-8,10-12,14,27-28,34,40,44,47,57H,9,13,15-26,29-32H2,1H3,(H,53,58,59)/t34-,40+,44-,47-/m0/s1. The normalized spacial score (nSPS) is 26.6. The van der Waals surface area contributed by atoms with Crippen molar-refractivity contribution < 1.29 is 29.0 Å². The average molecular weight is 835 g/mol. The number of phenolic OH excluding ortho intramolecular Hbond substituents is 1. The van der Waals surface area contributed by atoms with E-state index in [1.165, 1.54) is 39.9 Å². The van der Waals surface area contributed by atoms with Gasteiger partial charge in [0.15, 0.2) is 0 Å². The number of phenols is 1. The third-order valence-corrected chi connectivity index (χ3v) is 16.1. The molecule has 0 unspecified atom stereocenters. The highest BCUT2D eigenvalue weighted by Crippen LogP contribution is 2.51. The topological polar surface area (TPSA) is 112 Å². The average Bonchev–Trinajstić information content (AvgIpc) is 3.82. The van der Waals surface area contributed by atoms with E-state index in [1.807, 2.05) is 19.1 Å². The van der Waals surface area contributed by atoms with Gasteiger partial charge in [-0.25, -0.2) is 0 Å². The first-order valence-corrected chi connectivity index (χ1v) is 23.2. The van der Waals surface area contributed by atoms with E-state index in [4.69, 9.17) is 9.47 Å². The fourth-order valence-corrected chi connectivity index (χ4v) is 12.5. The quantitative estimate of drug-likeness (QED) is 0.192. The summed E-state index contributed by atoms with van der Waals surface area (Å²) in [6.07, 6.45) is 9.12. The van der Waals surface area contributed by atoms with Crippen molar-refractivity contribution >= 4 is 23.4 Å². The molecule has 4 saturated heterocycles. The third-order valence-electron chi connectivity index (χ3n) is 16.1. The van der Waals surface area contributed by atoms with Gasteiger partial charge in [0, 0.05) is 54.2 Å². The molecule has 1 aliphatic carbocycles. The van der Waals surface area contributed by atoms with E-state index in [2.05, 4.69) is 81.8 Å². The van der Waals surface area contributed by atoms with Gasteiger partial charge in [0.05, 0.1) is 30.9 Å². The van der Waals surface area contributed by atoms with Crippen LogP contribution < -0.4 is 15.0 Å². The molecule has 0 bridgehead atoms. The minimum absolute atomic E-state index is 0.0165. The lowest BCUT2D eigenvalue weighted by Gasteiger charge is -2.47. The lowest BCUT2D eigenvalue weighted by Crippen LogP contribution is -2.52. The maximum atomic E-state index is 13.6. The maximum absolute atomic E-state index is 13.6. The van der Waals surface area contributed by atoms with E-state index in [0.29, 0.717) is 42.7 Å². The molecule has 322 valence electrons. The molecule has 4 aromatic rings. The second kappa shape index (κ2) is 15.6. The van der Waals surface area contributed by atoms with Crippen molar-refractivity contribution in [2.45, 2.75) is 107 Å². The van der Waals surface area contributed by atoms with Crippen LogP contribution in [0.25, 0.3) is 0 Å². The molecule has 10 nitrogen and oxygen atoms in total. The SMILES string of the molecule is Cc1cc2c(c3c1C(=O)N([C@H]1CCC(=O)NC1=O)C3)OCC21CCN(C[C@@H]2CCC3(CCN(c4ccc([C@@H]5c6ccc(O)cc6CC[C@@H]5c5ccccc5)cc4)CC3)OC2)CC1. The number of piperidine rings is 3. The molecule has 0 aromatic heterocycles. The lowest BCUT2D eigenvalue weighted by atomic mass is 9.69. The molecular formula is C52H58N4O6. The van der Waals surface area contributed by atoms with Gasteiger partial charge in [0.25, 0.3) is 5.91 Å². The first-order valence-electron chi connectivity index (χ1n) is 23.2. The summed E-state index contributed by atoms with van der Waals surface area (Å²) in [5, 5.41) is 12.7. The zero-order chi connectivity index (χ0) is 42.2. The van der Waals surface area contributed by atoms with Crippen molar-refractivity contribution in [3.05, 3.63) is 123 Å². The Kier molecular flexibility index (Phi) is 9.95. The van der Waals surface area contributed by atoms with E-state index >= 15 is 0 Å². The van der Waals surface area contributed by atoms with E-state index in [9.17, 15) is 19.5 Å². The van der Waals surface area contributed by atoms with Crippen LogP contribution in [0.5, 0.6) is 11.5 Å². The molecule has 3 amide bonds. The van der Waals surface area contributed by atoms with Crippen LogP contribution in [0, 0.1) is 12.8 Å². The molecule has 2 N–H and O–H groups in total. The Balaban J connectivity index is 0.684. The predicted molar refractivity (Wildman–Crippen MR) is 237 cm³/mol. The molecule has 0 saturated carbocycles. The monoisotopic (exact) mass is 834 g/mol. The number of nitrogens with one attached hydrogen (secondary N) is 1. The number of ether oxygens (including phenoxy) is 2. The van der Waals surface area contributed by atoms with E-state index in [-0.39, 0.29) is 41.1 Å². The highest BCUT2D eigenvalue weighted by molar-refractivity contribution is 6.06. The van der Waals surface area contributed by atoms with Crippen molar-refractivity contribution in [2.75, 3.05) is 50.8 Å². The van der Waals surface area contributed by atoms with E-state index < -0.39 is 6.04 Å². The van der Waals surface area contributed by atoms with Crippen LogP contribution in [0.15, 0.2) is 78.9 Å². The van der Waals surface area contributed by atoms with Gasteiger partial charge >= 0.3 is 0 Å². The summed E-state index contributed by atoms with van der Waals surface area (Å²) in [6, 6.07) is 27.8. The smallest absolute Gasteiger partial charge is 0.255 e. The zero-order valence-electron chi connectivity index (χ0n) is 35.9. The second-order valence-corrected chi connectivity index (χ2v) is 19.6. The third kappa shape index (κ3) is 6.89. The number of benzene rings is 4. The number of aryl methyl sites for hydroxylation is 2. The molecule has 11 rings (SSSR count). The number of nitrogens with zero attached hydrogens (tertiary/aromatic N) is 3. The number of carbonyl (C=O) groups excluding carboxylic acids is 3. The van der Waals surface area contributed by atoms with Crippen LogP contribution in [-0.4, -0.2) is 90.2 Å². The Morgan fingerprint density at radius 3 is 2.35 bits per heavy atom. The van der Waals surface area contributed by atoms with Crippen molar-refractivity contribution in [1.82, 2.24) is 15.1 Å². The van der Waals surface area contributed by atoms with Crippen LogP contribution in [0.1, 0.15) is 119 Å². The van der Waals surface area contributed by atoms with Crippen LogP contribution >= 0.6 is 0 Å². The van der Waals surface area contributed by atoms with Gasteiger partial charge in [0.2, 0.25) is 11.8 Å². The number of imide groups is 1.